The van der Waals surface area contributed by atoms with E-state index in [1.165, 1.54) is 50.8 Å². The molecule has 3 rings (SSSR count). The molecule has 92 valence electrons. The van der Waals surface area contributed by atoms with Crippen molar-refractivity contribution in [2.45, 2.75) is 38.1 Å². The highest BCUT2D eigenvalue weighted by Crippen LogP contribution is 2.33. The van der Waals surface area contributed by atoms with E-state index in [-0.39, 0.29) is 0 Å². The fourth-order valence-electron chi connectivity index (χ4n) is 2.89. The lowest BCUT2D eigenvalue weighted by Gasteiger charge is -2.24. The zero-order valence-electron chi connectivity index (χ0n) is 10.2. The Balaban J connectivity index is 1.60. The monoisotopic (exact) mass is 249 g/mol. The maximum atomic E-state index is 5.92. The quantitative estimate of drug-likeness (QED) is 0.786. The van der Waals surface area contributed by atoms with E-state index >= 15 is 0 Å². The second-order valence-corrected chi connectivity index (χ2v) is 6.00. The summed E-state index contributed by atoms with van der Waals surface area (Å²) >= 11 is 5.92. The van der Waals surface area contributed by atoms with Crippen LogP contribution in [-0.2, 0) is 6.42 Å². The van der Waals surface area contributed by atoms with E-state index in [0.717, 1.165) is 17.0 Å². The first-order chi connectivity index (χ1) is 8.31. The van der Waals surface area contributed by atoms with Gasteiger partial charge in [-0.2, -0.15) is 0 Å². The Bertz CT molecular complexity index is 369. The van der Waals surface area contributed by atoms with Crippen molar-refractivity contribution in [2.24, 2.45) is 5.92 Å². The molecule has 1 aliphatic heterocycles. The normalized spacial score (nSPS) is 25.4. The molecular formula is C15H20ClN. The minimum Gasteiger partial charge on any atom is -0.300 e. The highest BCUT2D eigenvalue weighted by molar-refractivity contribution is 6.30. The van der Waals surface area contributed by atoms with Gasteiger partial charge in [0.15, 0.2) is 0 Å². The smallest absolute Gasteiger partial charge is 0.0406 e. The Morgan fingerprint density at radius 1 is 1.12 bits per heavy atom. The third-order valence-electron chi connectivity index (χ3n) is 4.07. The molecule has 17 heavy (non-hydrogen) atoms. The van der Waals surface area contributed by atoms with E-state index in [4.69, 9.17) is 11.6 Å². The number of nitrogens with zero attached hydrogens (tertiary/aromatic N) is 1. The molecule has 1 nitrogen and oxygen atoms in total. The molecule has 1 aliphatic carbocycles. The van der Waals surface area contributed by atoms with Gasteiger partial charge in [-0.05, 0) is 62.3 Å². The van der Waals surface area contributed by atoms with Crippen molar-refractivity contribution < 1.29 is 0 Å². The highest BCUT2D eigenvalue weighted by atomic mass is 35.5. The van der Waals surface area contributed by atoms with E-state index in [2.05, 4.69) is 17.0 Å². The fourth-order valence-corrected chi connectivity index (χ4v) is 3.02. The Morgan fingerprint density at radius 3 is 2.59 bits per heavy atom. The summed E-state index contributed by atoms with van der Waals surface area (Å²) in [5.74, 6) is 1.01. The van der Waals surface area contributed by atoms with Gasteiger partial charge in [-0.15, -0.1) is 0 Å². The van der Waals surface area contributed by atoms with E-state index < -0.39 is 0 Å². The topological polar surface area (TPSA) is 3.24 Å². The van der Waals surface area contributed by atoms with Crippen LogP contribution in [0.4, 0.5) is 0 Å². The Hall–Kier alpha value is -0.530. The lowest BCUT2D eigenvalue weighted by Crippen LogP contribution is -2.32. The minimum absolute atomic E-state index is 0.775. The van der Waals surface area contributed by atoms with Crippen LogP contribution in [0.2, 0.25) is 5.02 Å². The number of benzene rings is 1. The summed E-state index contributed by atoms with van der Waals surface area (Å²) < 4.78 is 0. The molecule has 1 heterocycles. The molecule has 1 aromatic carbocycles. The van der Waals surface area contributed by atoms with Gasteiger partial charge in [0.05, 0.1) is 0 Å². The van der Waals surface area contributed by atoms with E-state index in [9.17, 15) is 0 Å². The first-order valence-electron chi connectivity index (χ1n) is 6.80. The van der Waals surface area contributed by atoms with Crippen LogP contribution in [0.3, 0.4) is 0 Å². The van der Waals surface area contributed by atoms with Crippen molar-refractivity contribution in [3.05, 3.63) is 34.9 Å². The number of hydrogen-bond donors (Lipinski definition) is 0. The Morgan fingerprint density at radius 2 is 1.88 bits per heavy atom. The number of halogens is 1. The van der Waals surface area contributed by atoms with Gasteiger partial charge < -0.3 is 0 Å². The standard InChI is InChI=1S/C15H20ClN/c16-14-7-5-12(6-8-14)10-15-2-1-9-17(15)11-13-3-4-13/h5-8,13,15H,1-4,9-11H2. The van der Waals surface area contributed by atoms with Gasteiger partial charge in [-0.3, -0.25) is 4.90 Å². The van der Waals surface area contributed by atoms with Crippen LogP contribution in [0.25, 0.3) is 0 Å². The maximum Gasteiger partial charge on any atom is 0.0406 e. The molecule has 2 aliphatic rings. The minimum atomic E-state index is 0.775. The summed E-state index contributed by atoms with van der Waals surface area (Å²) in [5.41, 5.74) is 1.43. The Labute approximate surface area is 109 Å². The fraction of sp³-hybridized carbons (Fsp3) is 0.600. The first kappa shape index (κ1) is 11.6. The van der Waals surface area contributed by atoms with Crippen molar-refractivity contribution >= 4 is 11.6 Å². The maximum absolute atomic E-state index is 5.92. The van der Waals surface area contributed by atoms with Crippen molar-refractivity contribution in [2.75, 3.05) is 13.1 Å². The van der Waals surface area contributed by atoms with Gasteiger partial charge in [0.1, 0.15) is 0 Å². The summed E-state index contributed by atoms with van der Waals surface area (Å²) in [6, 6.07) is 9.15. The zero-order valence-corrected chi connectivity index (χ0v) is 11.0. The molecule has 1 saturated heterocycles. The van der Waals surface area contributed by atoms with E-state index in [0.29, 0.717) is 0 Å². The van der Waals surface area contributed by atoms with Gasteiger partial charge in [0, 0.05) is 17.6 Å². The molecule has 1 saturated carbocycles. The predicted octanol–water partition coefficient (Wildman–Crippen LogP) is 3.76. The lowest BCUT2D eigenvalue weighted by atomic mass is 10.0. The molecule has 0 radical (unpaired) electrons. The molecule has 1 atom stereocenters. The van der Waals surface area contributed by atoms with Crippen molar-refractivity contribution in [1.29, 1.82) is 0 Å². The Kier molecular flexibility index (Phi) is 3.39. The summed E-state index contributed by atoms with van der Waals surface area (Å²) in [6.45, 7) is 2.66. The lowest BCUT2D eigenvalue weighted by molar-refractivity contribution is 0.242. The third-order valence-corrected chi connectivity index (χ3v) is 4.33. The predicted molar refractivity (Wildman–Crippen MR) is 72.5 cm³/mol. The van der Waals surface area contributed by atoms with Crippen molar-refractivity contribution in [3.8, 4) is 0 Å². The van der Waals surface area contributed by atoms with Gasteiger partial charge >= 0.3 is 0 Å². The van der Waals surface area contributed by atoms with E-state index in [1.807, 2.05) is 12.1 Å². The summed E-state index contributed by atoms with van der Waals surface area (Å²) in [6.07, 6.45) is 6.87. The van der Waals surface area contributed by atoms with Crippen molar-refractivity contribution in [1.82, 2.24) is 4.90 Å². The first-order valence-corrected chi connectivity index (χ1v) is 7.17. The molecule has 1 unspecified atom stereocenters. The van der Waals surface area contributed by atoms with Gasteiger partial charge in [0.2, 0.25) is 0 Å². The third kappa shape index (κ3) is 3.02. The second-order valence-electron chi connectivity index (χ2n) is 5.56. The molecule has 0 bridgehead atoms. The van der Waals surface area contributed by atoms with Crippen LogP contribution in [0.1, 0.15) is 31.2 Å². The van der Waals surface area contributed by atoms with E-state index in [1.54, 1.807) is 0 Å². The van der Waals surface area contributed by atoms with Crippen LogP contribution in [0, 0.1) is 5.92 Å². The summed E-state index contributed by atoms with van der Waals surface area (Å²) in [5, 5.41) is 0.843. The molecule has 2 fully saturated rings. The zero-order chi connectivity index (χ0) is 11.7. The van der Waals surface area contributed by atoms with Crippen LogP contribution < -0.4 is 0 Å². The van der Waals surface area contributed by atoms with Gasteiger partial charge in [0.25, 0.3) is 0 Å². The molecule has 0 aromatic heterocycles. The van der Waals surface area contributed by atoms with Crippen LogP contribution in [-0.4, -0.2) is 24.0 Å². The summed E-state index contributed by atoms with van der Waals surface area (Å²) in [4.78, 5) is 2.71. The molecule has 1 aromatic rings. The van der Waals surface area contributed by atoms with Crippen LogP contribution >= 0.6 is 11.6 Å². The molecule has 0 N–H and O–H groups in total. The van der Waals surface area contributed by atoms with Gasteiger partial charge in [-0.25, -0.2) is 0 Å². The molecule has 0 spiro atoms. The van der Waals surface area contributed by atoms with Crippen LogP contribution in [0.5, 0.6) is 0 Å². The number of rotatable bonds is 4. The molecule has 0 amide bonds. The molecular weight excluding hydrogens is 230 g/mol. The second kappa shape index (κ2) is 4.99. The summed E-state index contributed by atoms with van der Waals surface area (Å²) in [7, 11) is 0. The molecule has 2 heteroatoms. The van der Waals surface area contributed by atoms with Crippen LogP contribution in [0.15, 0.2) is 24.3 Å². The number of likely N-dealkylation sites (tertiary alicyclic amines) is 1. The van der Waals surface area contributed by atoms with Crippen molar-refractivity contribution in [3.63, 3.8) is 0 Å². The average molecular weight is 250 g/mol. The number of hydrogen-bond acceptors (Lipinski definition) is 1. The SMILES string of the molecule is Clc1ccc(CC2CCCN2CC2CC2)cc1. The average Bonchev–Trinajstić information content (AvgIpc) is 3.03. The largest absolute Gasteiger partial charge is 0.300 e. The van der Waals surface area contributed by atoms with Gasteiger partial charge in [-0.1, -0.05) is 23.7 Å². The highest BCUT2D eigenvalue weighted by Gasteiger charge is 2.30.